The molecule has 0 aliphatic heterocycles. The largest absolute Gasteiger partial charge is 0.316 e. The Morgan fingerprint density at radius 2 is 1.81 bits per heavy atom. The fourth-order valence-electron chi connectivity index (χ4n) is 0.987. The number of anilines is 1. The zero-order chi connectivity index (χ0) is 12.6. The van der Waals surface area contributed by atoms with Crippen molar-refractivity contribution in [1.82, 2.24) is 4.37 Å². The highest BCUT2D eigenvalue weighted by Gasteiger charge is 2.23. The molecule has 16 heavy (non-hydrogen) atoms. The smallest absolute Gasteiger partial charge is 0.230 e. The molecule has 4 heteroatoms. The highest BCUT2D eigenvalue weighted by Crippen LogP contribution is 2.27. The molecule has 0 fully saturated rings. The van der Waals surface area contributed by atoms with E-state index in [2.05, 4.69) is 30.5 Å². The lowest BCUT2D eigenvalue weighted by atomic mass is 9.92. The van der Waals surface area contributed by atoms with Crippen LogP contribution in [-0.2, 0) is 10.2 Å². The van der Waals surface area contributed by atoms with E-state index in [9.17, 15) is 4.79 Å². The molecule has 0 bridgehead atoms. The summed E-state index contributed by atoms with van der Waals surface area (Å²) in [6, 6.07) is 1.95. The second-order valence-electron chi connectivity index (χ2n) is 6.03. The molecule has 0 saturated heterocycles. The lowest BCUT2D eigenvalue weighted by Gasteiger charge is -2.16. The van der Waals surface area contributed by atoms with Crippen molar-refractivity contribution in [2.24, 2.45) is 5.41 Å². The molecule has 0 aromatic carbocycles. The van der Waals surface area contributed by atoms with Crippen LogP contribution in [0.4, 0.5) is 5.00 Å². The van der Waals surface area contributed by atoms with E-state index < -0.39 is 0 Å². The normalized spacial score (nSPS) is 12.6. The van der Waals surface area contributed by atoms with Gasteiger partial charge in [-0.25, -0.2) is 0 Å². The zero-order valence-electron chi connectivity index (χ0n) is 10.8. The maximum Gasteiger partial charge on any atom is 0.230 e. The van der Waals surface area contributed by atoms with Gasteiger partial charge in [0.15, 0.2) is 0 Å². The standard InChI is InChI=1S/C12H20N2OS/c1-11(2,3)8-7-9(16-14-8)13-10(15)12(4,5)6/h7H,1-6H3,(H,13,15). The van der Waals surface area contributed by atoms with Gasteiger partial charge in [0, 0.05) is 10.8 Å². The van der Waals surface area contributed by atoms with Crippen LogP contribution in [0, 0.1) is 5.41 Å². The van der Waals surface area contributed by atoms with Gasteiger partial charge in [0.1, 0.15) is 5.00 Å². The van der Waals surface area contributed by atoms with E-state index in [1.54, 1.807) is 0 Å². The molecule has 1 rings (SSSR count). The zero-order valence-corrected chi connectivity index (χ0v) is 11.7. The van der Waals surface area contributed by atoms with Gasteiger partial charge in [-0.05, 0) is 17.6 Å². The maximum atomic E-state index is 11.8. The van der Waals surface area contributed by atoms with Gasteiger partial charge in [-0.1, -0.05) is 41.5 Å². The first-order valence-electron chi connectivity index (χ1n) is 5.39. The molecular formula is C12H20N2OS. The lowest BCUT2D eigenvalue weighted by Crippen LogP contribution is -2.27. The summed E-state index contributed by atoms with van der Waals surface area (Å²) in [5.41, 5.74) is 0.675. The van der Waals surface area contributed by atoms with Gasteiger partial charge in [0.05, 0.1) is 5.69 Å². The number of amides is 1. The van der Waals surface area contributed by atoms with Crippen LogP contribution in [0.25, 0.3) is 0 Å². The van der Waals surface area contributed by atoms with E-state index >= 15 is 0 Å². The van der Waals surface area contributed by atoms with Gasteiger partial charge in [-0.15, -0.1) is 0 Å². The third kappa shape index (κ3) is 3.30. The van der Waals surface area contributed by atoms with Crippen molar-refractivity contribution in [2.75, 3.05) is 5.32 Å². The number of nitrogens with one attached hydrogen (secondary N) is 1. The lowest BCUT2D eigenvalue weighted by molar-refractivity contribution is -0.123. The van der Waals surface area contributed by atoms with Gasteiger partial charge in [-0.3, -0.25) is 4.79 Å². The van der Waals surface area contributed by atoms with Gasteiger partial charge in [0.25, 0.3) is 0 Å². The molecule has 0 saturated carbocycles. The van der Waals surface area contributed by atoms with Gasteiger partial charge in [-0.2, -0.15) is 4.37 Å². The molecular weight excluding hydrogens is 220 g/mol. The minimum absolute atomic E-state index is 0.0246. The Morgan fingerprint density at radius 3 is 2.19 bits per heavy atom. The molecule has 90 valence electrons. The van der Waals surface area contributed by atoms with Crippen molar-refractivity contribution in [3.63, 3.8) is 0 Å². The number of hydrogen-bond donors (Lipinski definition) is 1. The van der Waals surface area contributed by atoms with Crippen LogP contribution < -0.4 is 5.32 Å². The second kappa shape index (κ2) is 4.17. The second-order valence-corrected chi connectivity index (χ2v) is 6.84. The average molecular weight is 240 g/mol. The van der Waals surface area contributed by atoms with Crippen LogP contribution in [0.5, 0.6) is 0 Å². The first kappa shape index (κ1) is 13.2. The Balaban J connectivity index is 2.78. The molecule has 1 heterocycles. The van der Waals surface area contributed by atoms with Crippen LogP contribution in [0.3, 0.4) is 0 Å². The number of rotatable bonds is 1. The fraction of sp³-hybridized carbons (Fsp3) is 0.667. The Labute approximate surface area is 101 Å². The monoisotopic (exact) mass is 240 g/mol. The van der Waals surface area contributed by atoms with Crippen molar-refractivity contribution in [3.8, 4) is 0 Å². The first-order chi connectivity index (χ1) is 7.10. The van der Waals surface area contributed by atoms with Crippen molar-refractivity contribution >= 4 is 22.4 Å². The van der Waals surface area contributed by atoms with Crippen LogP contribution in [0.1, 0.15) is 47.2 Å². The summed E-state index contributed by atoms with van der Waals surface area (Å²) in [5, 5.41) is 3.72. The molecule has 0 aliphatic rings. The Hall–Kier alpha value is -0.900. The van der Waals surface area contributed by atoms with E-state index in [-0.39, 0.29) is 16.7 Å². The minimum atomic E-state index is -0.369. The van der Waals surface area contributed by atoms with Crippen LogP contribution in [0.15, 0.2) is 6.07 Å². The summed E-state index contributed by atoms with van der Waals surface area (Å²) in [6.07, 6.45) is 0. The molecule has 1 amide bonds. The third-order valence-corrected chi connectivity index (χ3v) is 2.90. The topological polar surface area (TPSA) is 42.0 Å². The van der Waals surface area contributed by atoms with Crippen LogP contribution >= 0.6 is 11.5 Å². The van der Waals surface area contributed by atoms with Crippen molar-refractivity contribution in [3.05, 3.63) is 11.8 Å². The number of nitrogens with zero attached hydrogens (tertiary/aromatic N) is 1. The average Bonchev–Trinajstić information content (AvgIpc) is 2.49. The predicted octanol–water partition coefficient (Wildman–Crippen LogP) is 3.43. The fourth-order valence-corrected chi connectivity index (χ4v) is 1.81. The van der Waals surface area contributed by atoms with E-state index in [0.29, 0.717) is 0 Å². The first-order valence-corrected chi connectivity index (χ1v) is 6.17. The van der Waals surface area contributed by atoms with Gasteiger partial charge >= 0.3 is 0 Å². The van der Waals surface area contributed by atoms with E-state index in [1.165, 1.54) is 11.5 Å². The van der Waals surface area contributed by atoms with Crippen molar-refractivity contribution < 1.29 is 4.79 Å². The molecule has 0 unspecified atom stereocenters. The molecule has 0 spiro atoms. The summed E-state index contributed by atoms with van der Waals surface area (Å²) in [6.45, 7) is 12.0. The Morgan fingerprint density at radius 1 is 1.25 bits per heavy atom. The molecule has 1 aromatic rings. The van der Waals surface area contributed by atoms with Gasteiger partial charge < -0.3 is 5.32 Å². The number of carbonyl (C=O) groups is 1. The van der Waals surface area contributed by atoms with E-state index in [0.717, 1.165) is 10.7 Å². The van der Waals surface area contributed by atoms with Crippen LogP contribution in [-0.4, -0.2) is 10.3 Å². The van der Waals surface area contributed by atoms with Crippen LogP contribution in [0.2, 0.25) is 0 Å². The quantitative estimate of drug-likeness (QED) is 0.817. The summed E-state index contributed by atoms with van der Waals surface area (Å²) >= 11 is 1.34. The molecule has 3 nitrogen and oxygen atoms in total. The summed E-state index contributed by atoms with van der Waals surface area (Å²) in [5.74, 6) is 0.0246. The highest BCUT2D eigenvalue weighted by atomic mass is 32.1. The molecule has 0 aliphatic carbocycles. The molecule has 0 radical (unpaired) electrons. The number of carbonyl (C=O) groups excluding carboxylic acids is 1. The van der Waals surface area contributed by atoms with Crippen molar-refractivity contribution in [1.29, 1.82) is 0 Å². The SMILES string of the molecule is CC(C)(C)C(=O)Nc1cc(C(C)(C)C)ns1. The Kier molecular flexibility index (Phi) is 3.43. The van der Waals surface area contributed by atoms with Crippen molar-refractivity contribution in [2.45, 2.75) is 47.0 Å². The predicted molar refractivity (Wildman–Crippen MR) is 68.9 cm³/mol. The summed E-state index contributed by atoms with van der Waals surface area (Å²) in [7, 11) is 0. The highest BCUT2D eigenvalue weighted by molar-refractivity contribution is 7.10. The molecule has 1 N–H and O–H groups in total. The summed E-state index contributed by atoms with van der Waals surface area (Å²) in [4.78, 5) is 11.8. The molecule has 0 atom stereocenters. The third-order valence-electron chi connectivity index (χ3n) is 2.20. The minimum Gasteiger partial charge on any atom is -0.316 e. The Bertz CT molecular complexity index is 382. The number of aromatic nitrogens is 1. The van der Waals surface area contributed by atoms with Gasteiger partial charge in [0.2, 0.25) is 5.91 Å². The number of hydrogen-bond acceptors (Lipinski definition) is 3. The summed E-state index contributed by atoms with van der Waals surface area (Å²) < 4.78 is 4.35. The molecule has 1 aromatic heterocycles. The maximum absolute atomic E-state index is 11.8. The van der Waals surface area contributed by atoms with E-state index in [1.807, 2.05) is 26.8 Å². The van der Waals surface area contributed by atoms with E-state index in [4.69, 9.17) is 0 Å².